The molecule has 0 atom stereocenters. The molecule has 1 aliphatic heterocycles. The normalized spacial score (nSPS) is 14.9. The van der Waals surface area contributed by atoms with Crippen molar-refractivity contribution in [3.8, 4) is 5.75 Å². The molecule has 0 radical (unpaired) electrons. The molecule has 1 aromatic heterocycles. The van der Waals surface area contributed by atoms with Crippen molar-refractivity contribution in [1.82, 2.24) is 15.0 Å². The van der Waals surface area contributed by atoms with Gasteiger partial charge < -0.3 is 14.2 Å². The highest BCUT2D eigenvalue weighted by Gasteiger charge is 2.35. The third kappa shape index (κ3) is 3.52. The number of hydrogen-bond donors (Lipinski definition) is 0. The molecule has 23 heavy (non-hydrogen) atoms. The van der Waals surface area contributed by atoms with Crippen molar-refractivity contribution < 1.29 is 14.1 Å². The standard InChI is InChI=1S/C17H21N3O3/c1-11(2)13-4-6-15(7-5-13)22-10-16(21)20-8-14(9-20)17-18-12(3)19-23-17/h4-7,11,14H,8-10H2,1-3H3. The summed E-state index contributed by atoms with van der Waals surface area (Å²) >= 11 is 0. The molecule has 0 aliphatic carbocycles. The molecule has 122 valence electrons. The van der Waals surface area contributed by atoms with E-state index in [9.17, 15) is 4.79 Å². The van der Waals surface area contributed by atoms with Crippen LogP contribution in [0.25, 0.3) is 0 Å². The summed E-state index contributed by atoms with van der Waals surface area (Å²) in [5.74, 6) is 2.55. The Morgan fingerprint density at radius 2 is 2.04 bits per heavy atom. The fourth-order valence-electron chi connectivity index (χ4n) is 2.50. The Morgan fingerprint density at radius 3 is 2.61 bits per heavy atom. The lowest BCUT2D eigenvalue weighted by Gasteiger charge is -2.36. The number of aryl methyl sites for hydroxylation is 1. The summed E-state index contributed by atoms with van der Waals surface area (Å²) in [6, 6.07) is 7.87. The maximum Gasteiger partial charge on any atom is 0.260 e. The van der Waals surface area contributed by atoms with Crippen LogP contribution in [0.2, 0.25) is 0 Å². The summed E-state index contributed by atoms with van der Waals surface area (Å²) in [7, 11) is 0. The summed E-state index contributed by atoms with van der Waals surface area (Å²) in [4.78, 5) is 18.0. The number of hydrogen-bond acceptors (Lipinski definition) is 5. The summed E-state index contributed by atoms with van der Waals surface area (Å²) in [5.41, 5.74) is 1.25. The van der Waals surface area contributed by atoms with Crippen molar-refractivity contribution in [3.05, 3.63) is 41.5 Å². The molecule has 0 bridgehead atoms. The summed E-state index contributed by atoms with van der Waals surface area (Å²) in [5, 5.41) is 3.77. The highest BCUT2D eigenvalue weighted by Crippen LogP contribution is 2.26. The molecule has 0 spiro atoms. The minimum Gasteiger partial charge on any atom is -0.484 e. The summed E-state index contributed by atoms with van der Waals surface area (Å²) in [6.45, 7) is 7.34. The van der Waals surface area contributed by atoms with Gasteiger partial charge >= 0.3 is 0 Å². The van der Waals surface area contributed by atoms with Gasteiger partial charge in [-0.2, -0.15) is 4.98 Å². The van der Waals surface area contributed by atoms with E-state index in [2.05, 4.69) is 24.0 Å². The van der Waals surface area contributed by atoms with Crippen LogP contribution in [0.5, 0.6) is 5.75 Å². The number of likely N-dealkylation sites (tertiary alicyclic amines) is 1. The van der Waals surface area contributed by atoms with Crippen molar-refractivity contribution in [1.29, 1.82) is 0 Å². The van der Waals surface area contributed by atoms with Crippen molar-refractivity contribution in [2.75, 3.05) is 19.7 Å². The Morgan fingerprint density at radius 1 is 1.35 bits per heavy atom. The van der Waals surface area contributed by atoms with Gasteiger partial charge in [0.1, 0.15) is 5.75 Å². The number of rotatable bonds is 5. The third-order valence-electron chi connectivity index (χ3n) is 4.04. The van der Waals surface area contributed by atoms with Crippen molar-refractivity contribution >= 4 is 5.91 Å². The zero-order valence-electron chi connectivity index (χ0n) is 13.7. The van der Waals surface area contributed by atoms with Gasteiger partial charge in [0.2, 0.25) is 5.89 Å². The Labute approximate surface area is 135 Å². The second-order valence-electron chi connectivity index (χ2n) is 6.19. The quantitative estimate of drug-likeness (QED) is 0.848. The molecule has 3 rings (SSSR count). The molecule has 2 heterocycles. The smallest absolute Gasteiger partial charge is 0.260 e. The largest absolute Gasteiger partial charge is 0.484 e. The maximum absolute atomic E-state index is 12.1. The minimum atomic E-state index is -0.0228. The van der Waals surface area contributed by atoms with E-state index in [1.54, 1.807) is 11.8 Å². The fourth-order valence-corrected chi connectivity index (χ4v) is 2.50. The van der Waals surface area contributed by atoms with Crippen LogP contribution in [-0.4, -0.2) is 40.6 Å². The molecule has 0 N–H and O–H groups in total. The van der Waals surface area contributed by atoms with Crippen LogP contribution < -0.4 is 4.74 Å². The van der Waals surface area contributed by atoms with Gasteiger partial charge in [-0.25, -0.2) is 0 Å². The molecule has 2 aromatic rings. The number of benzene rings is 1. The van der Waals surface area contributed by atoms with Gasteiger partial charge in [-0.1, -0.05) is 31.1 Å². The summed E-state index contributed by atoms with van der Waals surface area (Å²) < 4.78 is 10.7. The molecule has 1 amide bonds. The Balaban J connectivity index is 1.45. The molecule has 6 heteroatoms. The average Bonchev–Trinajstić information content (AvgIpc) is 2.90. The van der Waals surface area contributed by atoms with Crippen molar-refractivity contribution in [2.45, 2.75) is 32.6 Å². The van der Waals surface area contributed by atoms with Gasteiger partial charge in [-0.15, -0.1) is 0 Å². The molecule has 1 saturated heterocycles. The van der Waals surface area contributed by atoms with E-state index in [0.29, 0.717) is 36.5 Å². The number of amides is 1. The maximum atomic E-state index is 12.1. The predicted octanol–water partition coefficient (Wildman–Crippen LogP) is 2.51. The first-order valence-corrected chi connectivity index (χ1v) is 7.83. The van der Waals surface area contributed by atoms with Crippen LogP contribution in [0.4, 0.5) is 0 Å². The van der Waals surface area contributed by atoms with Gasteiger partial charge in [0.15, 0.2) is 12.4 Å². The van der Waals surface area contributed by atoms with E-state index in [4.69, 9.17) is 9.26 Å². The van der Waals surface area contributed by atoms with E-state index in [0.717, 1.165) is 0 Å². The predicted molar refractivity (Wildman–Crippen MR) is 84.4 cm³/mol. The number of nitrogens with zero attached hydrogens (tertiary/aromatic N) is 3. The van der Waals surface area contributed by atoms with E-state index < -0.39 is 0 Å². The van der Waals surface area contributed by atoms with Crippen LogP contribution >= 0.6 is 0 Å². The van der Waals surface area contributed by atoms with Crippen molar-refractivity contribution in [3.63, 3.8) is 0 Å². The van der Waals surface area contributed by atoms with Gasteiger partial charge in [0.05, 0.1) is 5.92 Å². The monoisotopic (exact) mass is 315 g/mol. The fraction of sp³-hybridized carbons (Fsp3) is 0.471. The Hall–Kier alpha value is -2.37. The first-order chi connectivity index (χ1) is 11.0. The lowest BCUT2D eigenvalue weighted by Crippen LogP contribution is -2.50. The first-order valence-electron chi connectivity index (χ1n) is 7.83. The van der Waals surface area contributed by atoms with E-state index in [1.807, 2.05) is 24.3 Å². The van der Waals surface area contributed by atoms with Crippen LogP contribution in [0.15, 0.2) is 28.8 Å². The van der Waals surface area contributed by atoms with Gasteiger partial charge in [0.25, 0.3) is 5.91 Å². The molecular formula is C17H21N3O3. The highest BCUT2D eigenvalue weighted by molar-refractivity contribution is 5.78. The first kappa shape index (κ1) is 15.5. The third-order valence-corrected chi connectivity index (χ3v) is 4.04. The van der Waals surface area contributed by atoms with E-state index in [-0.39, 0.29) is 18.4 Å². The van der Waals surface area contributed by atoms with Crippen LogP contribution in [0.3, 0.4) is 0 Å². The van der Waals surface area contributed by atoms with Crippen LogP contribution in [0.1, 0.15) is 43.0 Å². The zero-order chi connectivity index (χ0) is 16.4. The molecule has 1 aliphatic rings. The van der Waals surface area contributed by atoms with Gasteiger partial charge in [-0.05, 0) is 30.5 Å². The second-order valence-corrected chi connectivity index (χ2v) is 6.19. The Kier molecular flexibility index (Phi) is 4.32. The number of carbonyl (C=O) groups excluding carboxylic acids is 1. The second kappa shape index (κ2) is 6.40. The molecular weight excluding hydrogens is 294 g/mol. The van der Waals surface area contributed by atoms with E-state index >= 15 is 0 Å². The number of ether oxygens (including phenoxy) is 1. The molecule has 1 aromatic carbocycles. The highest BCUT2D eigenvalue weighted by atomic mass is 16.5. The summed E-state index contributed by atoms with van der Waals surface area (Å²) in [6.07, 6.45) is 0. The molecule has 1 fully saturated rings. The van der Waals surface area contributed by atoms with Gasteiger partial charge in [0, 0.05) is 13.1 Å². The van der Waals surface area contributed by atoms with Crippen molar-refractivity contribution in [2.24, 2.45) is 0 Å². The lowest BCUT2D eigenvalue weighted by molar-refractivity contribution is -0.138. The molecule has 6 nitrogen and oxygen atoms in total. The lowest BCUT2D eigenvalue weighted by atomic mass is 10.0. The van der Waals surface area contributed by atoms with Crippen LogP contribution in [0, 0.1) is 6.92 Å². The van der Waals surface area contributed by atoms with Gasteiger partial charge in [-0.3, -0.25) is 4.79 Å². The number of carbonyl (C=O) groups is 1. The average molecular weight is 315 g/mol. The topological polar surface area (TPSA) is 68.5 Å². The van der Waals surface area contributed by atoms with Crippen LogP contribution in [-0.2, 0) is 4.79 Å². The molecule has 0 unspecified atom stereocenters. The molecule has 0 saturated carbocycles. The number of aromatic nitrogens is 2. The zero-order valence-corrected chi connectivity index (χ0v) is 13.7. The Bertz CT molecular complexity index is 673. The SMILES string of the molecule is Cc1noc(C2CN(C(=O)COc3ccc(C(C)C)cc3)C2)n1. The minimum absolute atomic E-state index is 0.0228. The van der Waals surface area contributed by atoms with E-state index in [1.165, 1.54) is 5.56 Å².